The van der Waals surface area contributed by atoms with E-state index in [0.717, 1.165) is 22.8 Å². The normalized spacial score (nSPS) is 10.8. The molecule has 3 rings (SSSR count). The highest BCUT2D eigenvalue weighted by Gasteiger charge is 2.18. The van der Waals surface area contributed by atoms with Gasteiger partial charge in [0.2, 0.25) is 5.91 Å². The summed E-state index contributed by atoms with van der Waals surface area (Å²) in [5.41, 5.74) is 3.08. The molecule has 1 heterocycles. The molecule has 0 aliphatic carbocycles. The highest BCUT2D eigenvalue weighted by molar-refractivity contribution is 7.99. The van der Waals surface area contributed by atoms with Crippen molar-refractivity contribution in [1.29, 1.82) is 0 Å². The van der Waals surface area contributed by atoms with Crippen LogP contribution in [0.1, 0.15) is 19.4 Å². The summed E-state index contributed by atoms with van der Waals surface area (Å²) in [4.78, 5) is 14.3. The maximum atomic E-state index is 12.5. The predicted octanol–water partition coefficient (Wildman–Crippen LogP) is 4.21. The molecule has 0 saturated heterocycles. The van der Waals surface area contributed by atoms with E-state index in [9.17, 15) is 4.79 Å². The number of hydrogen-bond donors (Lipinski definition) is 0. The molecule has 0 aliphatic rings. The van der Waals surface area contributed by atoms with Crippen LogP contribution in [0.5, 0.6) is 5.75 Å². The van der Waals surface area contributed by atoms with Gasteiger partial charge in [0.25, 0.3) is 0 Å². The van der Waals surface area contributed by atoms with Crippen molar-refractivity contribution in [2.24, 2.45) is 0 Å². The lowest BCUT2D eigenvalue weighted by molar-refractivity contribution is -0.127. The van der Waals surface area contributed by atoms with Crippen molar-refractivity contribution in [1.82, 2.24) is 19.7 Å². The second-order valence-electron chi connectivity index (χ2n) is 6.56. The fourth-order valence-corrected chi connectivity index (χ4v) is 3.87. The van der Waals surface area contributed by atoms with E-state index >= 15 is 0 Å². The van der Waals surface area contributed by atoms with Crippen molar-refractivity contribution < 1.29 is 9.53 Å². The minimum Gasteiger partial charge on any atom is -0.497 e. The Morgan fingerprint density at radius 1 is 1.03 bits per heavy atom. The molecule has 152 valence electrons. The zero-order valence-electron chi connectivity index (χ0n) is 17.3. The summed E-state index contributed by atoms with van der Waals surface area (Å²) in [5.74, 6) is 1.95. The molecule has 0 atom stereocenters. The van der Waals surface area contributed by atoms with Gasteiger partial charge in [-0.2, -0.15) is 0 Å². The second kappa shape index (κ2) is 9.60. The third-order valence-corrected chi connectivity index (χ3v) is 5.63. The third-order valence-electron chi connectivity index (χ3n) is 4.71. The summed E-state index contributed by atoms with van der Waals surface area (Å²) in [6.07, 6.45) is 0. The molecule has 0 saturated carbocycles. The van der Waals surface area contributed by atoms with Crippen LogP contribution in [0, 0.1) is 6.92 Å². The van der Waals surface area contributed by atoms with Crippen LogP contribution >= 0.6 is 11.8 Å². The summed E-state index contributed by atoms with van der Waals surface area (Å²) < 4.78 is 7.27. The average molecular weight is 411 g/mol. The van der Waals surface area contributed by atoms with Gasteiger partial charge in [0.05, 0.1) is 12.9 Å². The summed E-state index contributed by atoms with van der Waals surface area (Å²) in [6, 6.07) is 15.9. The Morgan fingerprint density at radius 3 is 2.28 bits per heavy atom. The number of aromatic nitrogens is 3. The van der Waals surface area contributed by atoms with Gasteiger partial charge < -0.3 is 9.64 Å². The Morgan fingerprint density at radius 2 is 1.69 bits per heavy atom. The molecule has 6 nitrogen and oxygen atoms in total. The van der Waals surface area contributed by atoms with Gasteiger partial charge >= 0.3 is 0 Å². The third kappa shape index (κ3) is 4.79. The Hall–Kier alpha value is -2.80. The van der Waals surface area contributed by atoms with Gasteiger partial charge in [0.1, 0.15) is 5.75 Å². The Balaban J connectivity index is 1.97. The van der Waals surface area contributed by atoms with Crippen LogP contribution in [0.25, 0.3) is 17.1 Å². The molecule has 0 bridgehead atoms. The van der Waals surface area contributed by atoms with E-state index in [1.54, 1.807) is 7.11 Å². The van der Waals surface area contributed by atoms with Gasteiger partial charge in [-0.25, -0.2) is 0 Å². The summed E-state index contributed by atoms with van der Waals surface area (Å²) in [6.45, 7) is 7.44. The summed E-state index contributed by atoms with van der Waals surface area (Å²) in [7, 11) is 1.64. The lowest BCUT2D eigenvalue weighted by Gasteiger charge is -2.18. The molecule has 0 aliphatic heterocycles. The molecular weight excluding hydrogens is 384 g/mol. The fourth-order valence-electron chi connectivity index (χ4n) is 3.01. The molecule has 0 radical (unpaired) electrons. The smallest absolute Gasteiger partial charge is 0.233 e. The number of rotatable bonds is 8. The van der Waals surface area contributed by atoms with Crippen LogP contribution in [-0.2, 0) is 4.79 Å². The Bertz CT molecular complexity index is 948. The Labute approximate surface area is 175 Å². The van der Waals surface area contributed by atoms with Crippen molar-refractivity contribution in [3.63, 3.8) is 0 Å². The van der Waals surface area contributed by atoms with E-state index in [1.165, 1.54) is 17.3 Å². The number of amides is 1. The number of ether oxygens (including phenoxy) is 1. The highest BCUT2D eigenvalue weighted by atomic mass is 32.2. The van der Waals surface area contributed by atoms with Crippen LogP contribution in [0.4, 0.5) is 0 Å². The number of aryl methyl sites for hydroxylation is 1. The van der Waals surface area contributed by atoms with E-state index in [2.05, 4.69) is 29.3 Å². The monoisotopic (exact) mass is 410 g/mol. The molecule has 0 N–H and O–H groups in total. The first-order chi connectivity index (χ1) is 14.1. The van der Waals surface area contributed by atoms with E-state index in [1.807, 2.05) is 59.7 Å². The molecule has 7 heteroatoms. The zero-order valence-corrected chi connectivity index (χ0v) is 18.1. The quantitative estimate of drug-likeness (QED) is 0.521. The SMILES string of the molecule is CCN(CC)C(=O)CSc1nnc(-c2ccc(C)cc2)n1-c1ccc(OC)cc1. The molecule has 2 aromatic carbocycles. The first kappa shape index (κ1) is 20.9. The van der Waals surface area contributed by atoms with Crippen LogP contribution in [0.15, 0.2) is 53.7 Å². The van der Waals surface area contributed by atoms with Gasteiger partial charge in [-0.15, -0.1) is 10.2 Å². The molecule has 0 fully saturated rings. The van der Waals surface area contributed by atoms with Gasteiger partial charge in [-0.1, -0.05) is 41.6 Å². The van der Waals surface area contributed by atoms with Gasteiger partial charge in [-0.3, -0.25) is 9.36 Å². The summed E-state index contributed by atoms with van der Waals surface area (Å²) >= 11 is 1.40. The van der Waals surface area contributed by atoms with Gasteiger partial charge in [-0.05, 0) is 45.0 Å². The second-order valence-corrected chi connectivity index (χ2v) is 7.50. The lowest BCUT2D eigenvalue weighted by Crippen LogP contribution is -2.31. The topological polar surface area (TPSA) is 60.2 Å². The van der Waals surface area contributed by atoms with Crippen molar-refractivity contribution >= 4 is 17.7 Å². The van der Waals surface area contributed by atoms with Gasteiger partial charge in [0, 0.05) is 24.3 Å². The molecule has 3 aromatic rings. The Kier molecular flexibility index (Phi) is 6.93. The number of benzene rings is 2. The maximum Gasteiger partial charge on any atom is 0.233 e. The van der Waals surface area contributed by atoms with Crippen LogP contribution in [0.3, 0.4) is 0 Å². The molecule has 1 amide bonds. The molecule has 0 spiro atoms. The predicted molar refractivity (Wildman–Crippen MR) is 117 cm³/mol. The highest BCUT2D eigenvalue weighted by Crippen LogP contribution is 2.29. The van der Waals surface area contributed by atoms with E-state index in [0.29, 0.717) is 24.0 Å². The average Bonchev–Trinajstić information content (AvgIpc) is 3.17. The minimum atomic E-state index is 0.0983. The largest absolute Gasteiger partial charge is 0.497 e. The van der Waals surface area contributed by atoms with E-state index in [-0.39, 0.29) is 5.91 Å². The van der Waals surface area contributed by atoms with Gasteiger partial charge in [0.15, 0.2) is 11.0 Å². The first-order valence-electron chi connectivity index (χ1n) is 9.64. The number of carbonyl (C=O) groups is 1. The number of hydrogen-bond acceptors (Lipinski definition) is 5. The minimum absolute atomic E-state index is 0.0983. The number of carbonyl (C=O) groups excluding carboxylic acids is 1. The standard InChI is InChI=1S/C22H26N4O2S/c1-5-25(6-2)20(27)15-29-22-24-23-21(17-9-7-16(3)8-10-17)26(22)18-11-13-19(28-4)14-12-18/h7-14H,5-6,15H2,1-4H3. The van der Waals surface area contributed by atoms with Crippen LogP contribution in [-0.4, -0.2) is 51.5 Å². The van der Waals surface area contributed by atoms with Crippen molar-refractivity contribution in [2.45, 2.75) is 25.9 Å². The van der Waals surface area contributed by atoms with Crippen LogP contribution in [0.2, 0.25) is 0 Å². The van der Waals surface area contributed by atoms with Crippen molar-refractivity contribution in [3.8, 4) is 22.8 Å². The van der Waals surface area contributed by atoms with Crippen LogP contribution < -0.4 is 4.74 Å². The molecule has 29 heavy (non-hydrogen) atoms. The number of methoxy groups -OCH3 is 1. The summed E-state index contributed by atoms with van der Waals surface area (Å²) in [5, 5.41) is 9.51. The number of nitrogens with zero attached hydrogens (tertiary/aromatic N) is 4. The van der Waals surface area contributed by atoms with Crippen molar-refractivity contribution in [3.05, 3.63) is 54.1 Å². The first-order valence-corrected chi connectivity index (χ1v) is 10.6. The van der Waals surface area contributed by atoms with E-state index < -0.39 is 0 Å². The number of thioether (sulfide) groups is 1. The zero-order chi connectivity index (χ0) is 20.8. The van der Waals surface area contributed by atoms with Crippen molar-refractivity contribution in [2.75, 3.05) is 26.0 Å². The molecule has 1 aromatic heterocycles. The maximum absolute atomic E-state index is 12.5. The molecule has 0 unspecified atom stereocenters. The lowest BCUT2D eigenvalue weighted by atomic mass is 10.1. The van der Waals surface area contributed by atoms with E-state index in [4.69, 9.17) is 4.74 Å². The fraction of sp³-hybridized carbons (Fsp3) is 0.318. The molecular formula is C22H26N4O2S.